The zero-order chi connectivity index (χ0) is 13.1. The van der Waals surface area contributed by atoms with Gasteiger partial charge in [0.2, 0.25) is 0 Å². The second kappa shape index (κ2) is 5.67. The average Bonchev–Trinajstić information content (AvgIpc) is 2.67. The van der Waals surface area contributed by atoms with Crippen molar-refractivity contribution < 1.29 is 4.79 Å². The first kappa shape index (κ1) is 13.3. The molecule has 0 unspecified atom stereocenters. The van der Waals surface area contributed by atoms with Gasteiger partial charge in [0.15, 0.2) is 6.29 Å². The van der Waals surface area contributed by atoms with Crippen LogP contribution in [0.5, 0.6) is 0 Å². The molecule has 2 rings (SSSR count). The molecule has 3 nitrogen and oxygen atoms in total. The van der Waals surface area contributed by atoms with E-state index in [-0.39, 0.29) is 0 Å². The van der Waals surface area contributed by atoms with Gasteiger partial charge in [0.05, 0.1) is 16.9 Å². The molecule has 1 heterocycles. The lowest BCUT2D eigenvalue weighted by Crippen LogP contribution is -1.97. The van der Waals surface area contributed by atoms with Crippen molar-refractivity contribution in [2.45, 2.75) is 19.8 Å². The molecule has 0 spiro atoms. The summed E-state index contributed by atoms with van der Waals surface area (Å²) < 4.78 is 2.59. The Labute approximate surface area is 119 Å². The van der Waals surface area contributed by atoms with E-state index in [1.54, 1.807) is 4.68 Å². The number of hydrogen-bond acceptors (Lipinski definition) is 2. The lowest BCUT2D eigenvalue weighted by Gasteiger charge is -2.02. The maximum absolute atomic E-state index is 11.1. The molecule has 0 bridgehead atoms. The Bertz CT molecular complexity index is 563. The molecule has 0 radical (unpaired) electrons. The van der Waals surface area contributed by atoms with Gasteiger partial charge < -0.3 is 0 Å². The van der Waals surface area contributed by atoms with Gasteiger partial charge in [-0.1, -0.05) is 40.9 Å². The maximum Gasteiger partial charge on any atom is 0.155 e. The van der Waals surface area contributed by atoms with Crippen molar-refractivity contribution in [3.8, 4) is 5.69 Å². The van der Waals surface area contributed by atoms with E-state index in [1.807, 2.05) is 31.2 Å². The molecule has 5 heteroatoms. The van der Waals surface area contributed by atoms with Gasteiger partial charge in [-0.05, 0) is 30.7 Å². The molecule has 2 aromatic rings. The molecule has 0 atom stereocenters. The number of hydrogen-bond donors (Lipinski definition) is 0. The molecule has 0 N–H and O–H groups in total. The predicted octanol–water partition coefficient (Wildman–Crippen LogP) is 4.05. The van der Waals surface area contributed by atoms with E-state index in [0.29, 0.717) is 10.7 Å². The van der Waals surface area contributed by atoms with Crippen LogP contribution in [0.1, 0.15) is 29.4 Å². The van der Waals surface area contributed by atoms with Gasteiger partial charge in [-0.15, -0.1) is 0 Å². The molecule has 0 amide bonds. The molecule has 0 fully saturated rings. The fourth-order valence-electron chi connectivity index (χ4n) is 1.74. The lowest BCUT2D eigenvalue weighted by molar-refractivity contribution is 0.112. The second-order valence-corrected chi connectivity index (χ2v) is 5.18. The minimum atomic E-state index is 0.371. The van der Waals surface area contributed by atoms with Crippen molar-refractivity contribution >= 4 is 33.8 Å². The first-order valence-corrected chi connectivity index (χ1v) is 6.83. The number of benzene rings is 1. The SMILES string of the molecule is CCCc1nn(-c2ccc(Br)cc2)c(Cl)c1C=O. The number of aldehydes is 1. The summed E-state index contributed by atoms with van der Waals surface area (Å²) in [5.74, 6) is 0. The van der Waals surface area contributed by atoms with Crippen LogP contribution in [0.2, 0.25) is 5.15 Å². The summed E-state index contributed by atoms with van der Waals surface area (Å²) in [6.07, 6.45) is 2.45. The topological polar surface area (TPSA) is 34.9 Å². The summed E-state index contributed by atoms with van der Waals surface area (Å²) >= 11 is 9.57. The highest BCUT2D eigenvalue weighted by Crippen LogP contribution is 2.24. The van der Waals surface area contributed by atoms with Crippen LogP contribution in [-0.2, 0) is 6.42 Å². The van der Waals surface area contributed by atoms with Crippen LogP contribution in [0.4, 0.5) is 0 Å². The maximum atomic E-state index is 11.1. The van der Waals surface area contributed by atoms with E-state index in [0.717, 1.165) is 35.0 Å². The molecule has 94 valence electrons. The minimum Gasteiger partial charge on any atom is -0.298 e. The molecule has 0 saturated carbocycles. The van der Waals surface area contributed by atoms with Crippen molar-refractivity contribution in [2.75, 3.05) is 0 Å². The average molecular weight is 328 g/mol. The molecule has 0 aliphatic heterocycles. The van der Waals surface area contributed by atoms with Crippen LogP contribution < -0.4 is 0 Å². The molecular formula is C13H12BrClN2O. The third-order valence-corrected chi connectivity index (χ3v) is 3.51. The van der Waals surface area contributed by atoms with Crippen LogP contribution in [0.3, 0.4) is 0 Å². The van der Waals surface area contributed by atoms with Crippen molar-refractivity contribution in [2.24, 2.45) is 0 Å². The first-order valence-electron chi connectivity index (χ1n) is 5.66. The number of carbonyl (C=O) groups excluding carboxylic acids is 1. The fourth-order valence-corrected chi connectivity index (χ4v) is 2.30. The molecule has 1 aromatic heterocycles. The van der Waals surface area contributed by atoms with E-state index in [9.17, 15) is 4.79 Å². The summed E-state index contributed by atoms with van der Waals surface area (Å²) in [7, 11) is 0. The van der Waals surface area contributed by atoms with Crippen molar-refractivity contribution in [1.29, 1.82) is 0 Å². The Morgan fingerprint density at radius 2 is 2.06 bits per heavy atom. The highest BCUT2D eigenvalue weighted by Gasteiger charge is 2.15. The van der Waals surface area contributed by atoms with E-state index in [4.69, 9.17) is 11.6 Å². The van der Waals surface area contributed by atoms with Gasteiger partial charge in [-0.2, -0.15) is 5.10 Å². The third-order valence-electron chi connectivity index (χ3n) is 2.62. The number of carbonyl (C=O) groups is 1. The molecule has 0 aliphatic rings. The summed E-state index contributed by atoms with van der Waals surface area (Å²) in [6.45, 7) is 2.04. The Morgan fingerprint density at radius 3 is 2.61 bits per heavy atom. The Balaban J connectivity index is 2.51. The standard InChI is InChI=1S/C13H12BrClN2O/c1-2-3-12-11(8-18)13(15)17(16-12)10-6-4-9(14)5-7-10/h4-8H,2-3H2,1H3. The number of rotatable bonds is 4. The summed E-state index contributed by atoms with van der Waals surface area (Å²) in [4.78, 5) is 11.1. The number of nitrogens with zero attached hydrogens (tertiary/aromatic N) is 2. The molecule has 1 aromatic carbocycles. The second-order valence-electron chi connectivity index (χ2n) is 3.91. The van der Waals surface area contributed by atoms with Crippen LogP contribution in [0, 0.1) is 0 Å². The van der Waals surface area contributed by atoms with Gasteiger partial charge >= 0.3 is 0 Å². The molecule has 0 aliphatic carbocycles. The fraction of sp³-hybridized carbons (Fsp3) is 0.231. The Morgan fingerprint density at radius 1 is 1.39 bits per heavy atom. The Hall–Kier alpha value is -1.13. The monoisotopic (exact) mass is 326 g/mol. The lowest BCUT2D eigenvalue weighted by atomic mass is 10.2. The quantitative estimate of drug-likeness (QED) is 0.794. The van der Waals surface area contributed by atoms with Crippen LogP contribution >= 0.6 is 27.5 Å². The van der Waals surface area contributed by atoms with Crippen molar-refractivity contribution in [3.63, 3.8) is 0 Å². The normalized spacial score (nSPS) is 10.6. The predicted molar refractivity (Wildman–Crippen MR) is 75.7 cm³/mol. The van der Waals surface area contributed by atoms with Crippen LogP contribution in [0.25, 0.3) is 5.69 Å². The van der Waals surface area contributed by atoms with Crippen LogP contribution in [-0.4, -0.2) is 16.1 Å². The van der Waals surface area contributed by atoms with Crippen LogP contribution in [0.15, 0.2) is 28.7 Å². The molecule has 0 saturated heterocycles. The zero-order valence-electron chi connectivity index (χ0n) is 9.86. The summed E-state index contributed by atoms with van der Waals surface area (Å²) in [5.41, 5.74) is 2.08. The third kappa shape index (κ3) is 2.49. The largest absolute Gasteiger partial charge is 0.298 e. The molecule has 18 heavy (non-hydrogen) atoms. The highest BCUT2D eigenvalue weighted by atomic mass is 79.9. The zero-order valence-corrected chi connectivity index (χ0v) is 12.2. The van der Waals surface area contributed by atoms with Gasteiger partial charge in [0, 0.05) is 4.47 Å². The van der Waals surface area contributed by atoms with E-state index in [2.05, 4.69) is 21.0 Å². The summed E-state index contributed by atoms with van der Waals surface area (Å²) in [5, 5.41) is 4.78. The van der Waals surface area contributed by atoms with E-state index in [1.165, 1.54) is 0 Å². The number of aryl methyl sites for hydroxylation is 1. The van der Waals surface area contributed by atoms with Gasteiger partial charge in [0.1, 0.15) is 5.15 Å². The highest BCUT2D eigenvalue weighted by molar-refractivity contribution is 9.10. The van der Waals surface area contributed by atoms with Gasteiger partial charge in [-0.25, -0.2) is 4.68 Å². The smallest absolute Gasteiger partial charge is 0.155 e. The van der Waals surface area contributed by atoms with Gasteiger partial charge in [0.25, 0.3) is 0 Å². The number of halogens is 2. The van der Waals surface area contributed by atoms with Crippen molar-refractivity contribution in [1.82, 2.24) is 9.78 Å². The van der Waals surface area contributed by atoms with Gasteiger partial charge in [-0.3, -0.25) is 4.79 Å². The minimum absolute atomic E-state index is 0.371. The number of aromatic nitrogens is 2. The first-order chi connectivity index (χ1) is 8.67. The molecular weight excluding hydrogens is 316 g/mol. The van der Waals surface area contributed by atoms with E-state index >= 15 is 0 Å². The van der Waals surface area contributed by atoms with Crippen molar-refractivity contribution in [3.05, 3.63) is 45.1 Å². The van der Waals surface area contributed by atoms with E-state index < -0.39 is 0 Å². The summed E-state index contributed by atoms with van der Waals surface area (Å²) in [6, 6.07) is 7.61. The Kier molecular flexibility index (Phi) is 4.19.